The summed E-state index contributed by atoms with van der Waals surface area (Å²) in [5.41, 5.74) is -0.346. The van der Waals surface area contributed by atoms with Crippen molar-refractivity contribution in [3.63, 3.8) is 0 Å². The predicted octanol–water partition coefficient (Wildman–Crippen LogP) is 4.76. The first kappa shape index (κ1) is 24.5. The lowest BCUT2D eigenvalue weighted by molar-refractivity contribution is 0.0215. The molecule has 0 saturated carbocycles. The lowest BCUT2D eigenvalue weighted by Crippen LogP contribution is -2.59. The molecule has 2 aromatic carbocycles. The molecule has 34 heavy (non-hydrogen) atoms. The van der Waals surface area contributed by atoms with E-state index in [1.807, 2.05) is 0 Å². The minimum atomic E-state index is -4.21. The zero-order chi connectivity index (χ0) is 25.1. The van der Waals surface area contributed by atoms with Crippen LogP contribution in [-0.4, -0.2) is 55.3 Å². The first-order valence-corrected chi connectivity index (χ1v) is 12.9. The largest absolute Gasteiger partial charge is 0.465 e. The normalized spacial score (nSPS) is 22.2. The fourth-order valence-electron chi connectivity index (χ4n) is 4.78. The van der Waals surface area contributed by atoms with Crippen molar-refractivity contribution in [2.24, 2.45) is 0 Å². The average Bonchev–Trinajstić information content (AvgIpc) is 3.13. The Bertz CT molecular complexity index is 1260. The number of amides is 2. The van der Waals surface area contributed by atoms with E-state index in [1.165, 1.54) is 17.0 Å². The number of fused-ring (bicyclic) bond motifs is 3. The van der Waals surface area contributed by atoms with Gasteiger partial charge in [-0.1, -0.05) is 22.0 Å². The summed E-state index contributed by atoms with van der Waals surface area (Å²) in [6.07, 6.45) is -1.97. The zero-order valence-electron chi connectivity index (χ0n) is 18.8. The van der Waals surface area contributed by atoms with Gasteiger partial charge in [-0.25, -0.2) is 22.4 Å². The molecule has 2 atom stereocenters. The van der Waals surface area contributed by atoms with Crippen LogP contribution in [0.3, 0.4) is 0 Å². The van der Waals surface area contributed by atoms with Crippen molar-refractivity contribution in [3.05, 3.63) is 58.3 Å². The van der Waals surface area contributed by atoms with E-state index in [4.69, 9.17) is 4.74 Å². The Morgan fingerprint density at radius 2 is 1.82 bits per heavy atom. The molecule has 4 rings (SSSR count). The summed E-state index contributed by atoms with van der Waals surface area (Å²) in [7, 11) is -4.21. The second-order valence-electron chi connectivity index (χ2n) is 9.34. The van der Waals surface area contributed by atoms with Gasteiger partial charge in [-0.05, 0) is 69.2 Å². The monoisotopic (exact) mass is 554 g/mol. The number of benzene rings is 2. The van der Waals surface area contributed by atoms with Crippen LogP contribution in [0.1, 0.15) is 32.8 Å². The van der Waals surface area contributed by atoms with Crippen molar-refractivity contribution in [3.8, 4) is 0 Å². The predicted molar refractivity (Wildman–Crippen MR) is 126 cm³/mol. The Morgan fingerprint density at radius 1 is 1.18 bits per heavy atom. The number of carbonyl (C=O) groups is 2. The Kier molecular flexibility index (Phi) is 5.92. The quantitative estimate of drug-likeness (QED) is 0.536. The number of anilines is 1. The molecule has 11 heteroatoms. The van der Waals surface area contributed by atoms with Crippen LogP contribution >= 0.6 is 15.9 Å². The van der Waals surface area contributed by atoms with Gasteiger partial charge in [0, 0.05) is 11.0 Å². The smallest absolute Gasteiger partial charge is 0.411 e. The van der Waals surface area contributed by atoms with E-state index < -0.39 is 44.2 Å². The molecule has 2 amide bonds. The van der Waals surface area contributed by atoms with Gasteiger partial charge in [0.15, 0.2) is 9.84 Å². The Hall–Kier alpha value is -2.66. The highest BCUT2D eigenvalue weighted by atomic mass is 79.9. The van der Waals surface area contributed by atoms with Crippen LogP contribution in [0.5, 0.6) is 0 Å². The molecular weight excluding hydrogens is 531 g/mol. The minimum absolute atomic E-state index is 0.0265. The molecule has 2 aliphatic rings. The van der Waals surface area contributed by atoms with Crippen LogP contribution < -0.4 is 4.90 Å². The number of rotatable bonds is 2. The highest BCUT2D eigenvalue weighted by molar-refractivity contribution is 9.10. The van der Waals surface area contributed by atoms with Gasteiger partial charge in [0.05, 0.1) is 23.2 Å². The average molecular weight is 555 g/mol. The van der Waals surface area contributed by atoms with E-state index in [0.29, 0.717) is 4.47 Å². The molecule has 1 saturated heterocycles. The maximum atomic E-state index is 14.2. The van der Waals surface area contributed by atoms with Crippen molar-refractivity contribution in [1.29, 1.82) is 0 Å². The van der Waals surface area contributed by atoms with Gasteiger partial charge in [-0.2, -0.15) is 0 Å². The van der Waals surface area contributed by atoms with Gasteiger partial charge in [0.25, 0.3) is 0 Å². The molecule has 2 aliphatic heterocycles. The topological polar surface area (TPSA) is 104 Å². The third-order valence-electron chi connectivity index (χ3n) is 6.16. The van der Waals surface area contributed by atoms with Crippen LogP contribution in [0.25, 0.3) is 0 Å². The molecule has 8 nitrogen and oxygen atoms in total. The van der Waals surface area contributed by atoms with Crippen LogP contribution in [-0.2, 0) is 19.3 Å². The summed E-state index contributed by atoms with van der Waals surface area (Å²) in [4.78, 5) is 27.5. The number of sulfone groups is 1. The first-order chi connectivity index (χ1) is 15.8. The minimum Gasteiger partial charge on any atom is -0.465 e. The number of carboxylic acid groups (broad SMARTS) is 1. The second-order valence-corrected chi connectivity index (χ2v) is 12.5. The molecule has 182 valence electrons. The summed E-state index contributed by atoms with van der Waals surface area (Å²) in [6.45, 7) is 4.86. The van der Waals surface area contributed by atoms with Gasteiger partial charge in [-0.15, -0.1) is 0 Å². The van der Waals surface area contributed by atoms with E-state index in [9.17, 15) is 27.5 Å². The zero-order valence-corrected chi connectivity index (χ0v) is 21.2. The number of likely N-dealkylation sites (tertiary alicyclic amines) is 1. The maximum Gasteiger partial charge on any atom is 0.411 e. The highest BCUT2D eigenvalue weighted by Gasteiger charge is 2.63. The van der Waals surface area contributed by atoms with E-state index in [1.54, 1.807) is 39.0 Å². The molecular formula is C23H24BrFN2O6S. The molecule has 1 fully saturated rings. The third kappa shape index (κ3) is 3.84. The number of ether oxygens (including phenoxy) is 1. The molecule has 2 unspecified atom stereocenters. The van der Waals surface area contributed by atoms with E-state index in [0.717, 1.165) is 17.0 Å². The Balaban J connectivity index is 1.96. The first-order valence-electron chi connectivity index (χ1n) is 10.6. The second kappa shape index (κ2) is 8.23. The lowest BCUT2D eigenvalue weighted by Gasteiger charge is -2.45. The van der Waals surface area contributed by atoms with Crippen molar-refractivity contribution < 1.29 is 32.2 Å². The molecule has 1 N–H and O–H groups in total. The number of nitrogens with zero attached hydrogens (tertiary/aromatic N) is 2. The van der Waals surface area contributed by atoms with E-state index >= 15 is 0 Å². The standard InChI is InChI=1S/C23H24BrFN2O6S/c1-22(2,3)33-21(30)26-11-10-23(34(31,32)16-7-5-15(25)6-8-16)17-9-4-14(24)12-18(17)27(20(28)29)13-19(23)26/h4-9,12,19H,10-11,13H2,1-3H3,(H,28,29). The molecule has 0 aromatic heterocycles. The van der Waals surface area contributed by atoms with Crippen LogP contribution in [0.15, 0.2) is 51.8 Å². The summed E-state index contributed by atoms with van der Waals surface area (Å²) >= 11 is 3.33. The highest BCUT2D eigenvalue weighted by Crippen LogP contribution is 2.54. The molecule has 2 aromatic rings. The number of carbonyl (C=O) groups excluding carboxylic acids is 1. The molecule has 0 spiro atoms. The maximum absolute atomic E-state index is 14.2. The summed E-state index contributed by atoms with van der Waals surface area (Å²) < 4.78 is 46.4. The summed E-state index contributed by atoms with van der Waals surface area (Å²) in [6, 6.07) is 8.21. The van der Waals surface area contributed by atoms with Crippen LogP contribution in [0.2, 0.25) is 0 Å². The lowest BCUT2D eigenvalue weighted by atomic mass is 9.85. The molecule has 0 bridgehead atoms. The Labute approximate surface area is 205 Å². The van der Waals surface area contributed by atoms with Crippen LogP contribution in [0, 0.1) is 5.82 Å². The Morgan fingerprint density at radius 3 is 2.41 bits per heavy atom. The third-order valence-corrected chi connectivity index (χ3v) is 9.20. The van der Waals surface area contributed by atoms with E-state index in [2.05, 4.69) is 15.9 Å². The number of hydrogen-bond acceptors (Lipinski definition) is 5. The van der Waals surface area contributed by atoms with Gasteiger partial charge in [-0.3, -0.25) is 4.90 Å². The number of halogens is 2. The van der Waals surface area contributed by atoms with Crippen molar-refractivity contribution in [2.45, 2.75) is 48.5 Å². The van der Waals surface area contributed by atoms with Crippen molar-refractivity contribution in [2.75, 3.05) is 18.0 Å². The van der Waals surface area contributed by atoms with E-state index in [-0.39, 0.29) is 35.7 Å². The molecule has 2 heterocycles. The van der Waals surface area contributed by atoms with Crippen molar-refractivity contribution >= 4 is 43.6 Å². The van der Waals surface area contributed by atoms with Gasteiger partial charge in [0.1, 0.15) is 16.2 Å². The van der Waals surface area contributed by atoms with Gasteiger partial charge in [0.2, 0.25) is 0 Å². The fraction of sp³-hybridized carbons (Fsp3) is 0.391. The summed E-state index contributed by atoms with van der Waals surface area (Å²) in [5.74, 6) is -0.583. The summed E-state index contributed by atoms with van der Waals surface area (Å²) in [5, 5.41) is 9.93. The molecule has 0 aliphatic carbocycles. The van der Waals surface area contributed by atoms with Crippen LogP contribution in [0.4, 0.5) is 19.7 Å². The van der Waals surface area contributed by atoms with Crippen molar-refractivity contribution in [1.82, 2.24) is 4.90 Å². The molecule has 0 radical (unpaired) electrons. The SMILES string of the molecule is CC(C)(C)OC(=O)N1CCC2(S(=O)(=O)c3ccc(F)cc3)c3ccc(Br)cc3N(C(=O)O)CC12. The van der Waals surface area contributed by atoms with Gasteiger partial charge >= 0.3 is 12.2 Å². The fourth-order valence-corrected chi connectivity index (χ4v) is 7.43. The number of hydrogen-bond donors (Lipinski definition) is 1. The van der Waals surface area contributed by atoms with Gasteiger partial charge < -0.3 is 14.7 Å².